The lowest BCUT2D eigenvalue weighted by atomic mass is 10.0. The van der Waals surface area contributed by atoms with Gasteiger partial charge in [0.1, 0.15) is 5.75 Å². The molecule has 1 aliphatic heterocycles. The van der Waals surface area contributed by atoms with Gasteiger partial charge in [-0.3, -0.25) is 9.52 Å². The van der Waals surface area contributed by atoms with Crippen LogP contribution in [0.4, 0.5) is 11.4 Å². The van der Waals surface area contributed by atoms with Crippen LogP contribution in [0.2, 0.25) is 0 Å². The van der Waals surface area contributed by atoms with E-state index in [0.717, 1.165) is 29.7 Å². The second-order valence-electron chi connectivity index (χ2n) is 7.78. The van der Waals surface area contributed by atoms with Gasteiger partial charge < -0.3 is 9.64 Å². The third-order valence-electron chi connectivity index (χ3n) is 5.44. The summed E-state index contributed by atoms with van der Waals surface area (Å²) in [6.07, 6.45) is 1.50. The van der Waals surface area contributed by atoms with Gasteiger partial charge in [-0.1, -0.05) is 17.7 Å². The lowest BCUT2D eigenvalue weighted by Crippen LogP contribution is -2.35. The van der Waals surface area contributed by atoms with E-state index >= 15 is 0 Å². The third-order valence-corrected chi connectivity index (χ3v) is 6.82. The van der Waals surface area contributed by atoms with Crippen LogP contribution < -0.4 is 14.4 Å². The second kappa shape index (κ2) is 9.04. The normalized spacial score (nSPS) is 13.4. The van der Waals surface area contributed by atoms with Crippen molar-refractivity contribution in [2.45, 2.75) is 31.6 Å². The molecule has 166 valence electrons. The van der Waals surface area contributed by atoms with Crippen molar-refractivity contribution >= 4 is 27.3 Å². The molecule has 1 heterocycles. The summed E-state index contributed by atoms with van der Waals surface area (Å²) in [5.74, 6) is 0.608. The minimum atomic E-state index is -3.76. The smallest absolute Gasteiger partial charge is 0.261 e. The molecule has 0 radical (unpaired) electrons. The Bertz CT molecular complexity index is 1220. The number of fused-ring (bicyclic) bond motifs is 1. The van der Waals surface area contributed by atoms with Crippen LogP contribution in [-0.2, 0) is 16.4 Å². The standard InChI is InChI=1S/C25H26N2O4S/c1-3-31-22-12-10-21(11-13-22)26-32(29,30)23-14-15-24-20(17-23)5-4-16-27(24)25(28)19-8-6-18(2)7-9-19/h6-15,17,26H,3-5,16H2,1-2H3. The molecule has 0 aliphatic carbocycles. The summed E-state index contributed by atoms with van der Waals surface area (Å²) >= 11 is 0. The van der Waals surface area contributed by atoms with Crippen molar-refractivity contribution in [3.63, 3.8) is 0 Å². The average Bonchev–Trinajstić information content (AvgIpc) is 2.79. The zero-order chi connectivity index (χ0) is 22.7. The summed E-state index contributed by atoms with van der Waals surface area (Å²) in [6.45, 7) is 5.02. The van der Waals surface area contributed by atoms with E-state index in [0.29, 0.717) is 30.2 Å². The Kier molecular flexibility index (Phi) is 6.19. The number of nitrogens with zero attached hydrogens (tertiary/aromatic N) is 1. The number of hydrogen-bond donors (Lipinski definition) is 1. The number of benzene rings is 3. The largest absolute Gasteiger partial charge is 0.494 e. The van der Waals surface area contributed by atoms with Gasteiger partial charge in [0.15, 0.2) is 0 Å². The zero-order valence-corrected chi connectivity index (χ0v) is 19.0. The first-order valence-electron chi connectivity index (χ1n) is 10.6. The van der Waals surface area contributed by atoms with Crippen molar-refractivity contribution in [3.05, 3.63) is 83.4 Å². The van der Waals surface area contributed by atoms with Crippen LogP contribution in [0.3, 0.4) is 0 Å². The van der Waals surface area contributed by atoms with Gasteiger partial charge in [-0.05, 0) is 86.8 Å². The first-order valence-corrected chi connectivity index (χ1v) is 12.1. The SMILES string of the molecule is CCOc1ccc(NS(=O)(=O)c2ccc3c(c2)CCCN3C(=O)c2ccc(C)cc2)cc1. The fourth-order valence-electron chi connectivity index (χ4n) is 3.80. The molecule has 0 fully saturated rings. The van der Waals surface area contributed by atoms with E-state index in [2.05, 4.69) is 4.72 Å². The molecule has 1 N–H and O–H groups in total. The molecule has 0 aromatic heterocycles. The minimum Gasteiger partial charge on any atom is -0.494 e. The Hall–Kier alpha value is -3.32. The molecule has 3 aromatic rings. The molecular formula is C25H26N2O4S. The molecule has 0 saturated heterocycles. The van der Waals surface area contributed by atoms with E-state index in [1.807, 2.05) is 38.1 Å². The van der Waals surface area contributed by atoms with E-state index in [4.69, 9.17) is 4.74 Å². The number of ether oxygens (including phenoxy) is 1. The maximum Gasteiger partial charge on any atom is 0.261 e. The zero-order valence-electron chi connectivity index (χ0n) is 18.2. The summed E-state index contributed by atoms with van der Waals surface area (Å²) in [4.78, 5) is 15.0. The molecule has 0 bridgehead atoms. The fourth-order valence-corrected chi connectivity index (χ4v) is 4.91. The Morgan fingerprint density at radius 2 is 1.75 bits per heavy atom. The molecule has 0 saturated carbocycles. The number of rotatable bonds is 6. The molecule has 0 unspecified atom stereocenters. The number of amides is 1. The van der Waals surface area contributed by atoms with Crippen LogP contribution in [0.25, 0.3) is 0 Å². The van der Waals surface area contributed by atoms with Gasteiger partial charge in [-0.15, -0.1) is 0 Å². The number of carbonyl (C=O) groups excluding carboxylic acids is 1. The predicted molar refractivity (Wildman–Crippen MR) is 126 cm³/mol. The van der Waals surface area contributed by atoms with Crippen molar-refractivity contribution in [2.75, 3.05) is 22.8 Å². The number of nitrogens with one attached hydrogen (secondary N) is 1. The van der Waals surface area contributed by atoms with Crippen LogP contribution in [0.1, 0.15) is 34.8 Å². The van der Waals surface area contributed by atoms with E-state index in [1.54, 1.807) is 47.4 Å². The Balaban J connectivity index is 1.57. The van der Waals surface area contributed by atoms with Crippen LogP contribution in [0.5, 0.6) is 5.75 Å². The number of aryl methyl sites for hydroxylation is 2. The highest BCUT2D eigenvalue weighted by atomic mass is 32.2. The number of anilines is 2. The van der Waals surface area contributed by atoms with Crippen LogP contribution >= 0.6 is 0 Å². The number of hydrogen-bond acceptors (Lipinski definition) is 4. The highest BCUT2D eigenvalue weighted by Gasteiger charge is 2.25. The topological polar surface area (TPSA) is 75.7 Å². The molecule has 32 heavy (non-hydrogen) atoms. The first kappa shape index (κ1) is 21.9. The quantitative estimate of drug-likeness (QED) is 0.586. The molecule has 0 spiro atoms. The van der Waals surface area contributed by atoms with Crippen molar-refractivity contribution in [3.8, 4) is 5.75 Å². The molecule has 1 aliphatic rings. The molecule has 7 heteroatoms. The Labute approximate surface area is 188 Å². The summed E-state index contributed by atoms with van der Waals surface area (Å²) in [5, 5.41) is 0. The predicted octanol–water partition coefficient (Wildman–Crippen LogP) is 4.79. The van der Waals surface area contributed by atoms with Gasteiger partial charge in [0, 0.05) is 23.5 Å². The molecule has 1 amide bonds. The van der Waals surface area contributed by atoms with Gasteiger partial charge in [-0.25, -0.2) is 8.42 Å². The summed E-state index contributed by atoms with van der Waals surface area (Å²) < 4.78 is 33.9. The summed E-state index contributed by atoms with van der Waals surface area (Å²) in [7, 11) is -3.76. The summed E-state index contributed by atoms with van der Waals surface area (Å²) in [6, 6.07) is 19.2. The third kappa shape index (κ3) is 4.62. The average molecular weight is 451 g/mol. The highest BCUT2D eigenvalue weighted by molar-refractivity contribution is 7.92. The van der Waals surface area contributed by atoms with Crippen molar-refractivity contribution in [1.82, 2.24) is 0 Å². The second-order valence-corrected chi connectivity index (χ2v) is 9.46. The number of sulfonamides is 1. The van der Waals surface area contributed by atoms with E-state index < -0.39 is 10.0 Å². The highest BCUT2D eigenvalue weighted by Crippen LogP contribution is 2.31. The van der Waals surface area contributed by atoms with Crippen molar-refractivity contribution < 1.29 is 17.9 Å². The molecule has 3 aromatic carbocycles. The Morgan fingerprint density at radius 3 is 2.44 bits per heavy atom. The van der Waals surface area contributed by atoms with E-state index in [9.17, 15) is 13.2 Å². The lowest BCUT2D eigenvalue weighted by molar-refractivity contribution is 0.0985. The maximum atomic E-state index is 13.1. The fraction of sp³-hybridized carbons (Fsp3) is 0.240. The number of carbonyl (C=O) groups is 1. The first-order chi connectivity index (χ1) is 15.4. The Morgan fingerprint density at radius 1 is 1.03 bits per heavy atom. The van der Waals surface area contributed by atoms with Crippen LogP contribution in [0, 0.1) is 6.92 Å². The lowest BCUT2D eigenvalue weighted by Gasteiger charge is -2.30. The van der Waals surface area contributed by atoms with Crippen LogP contribution in [-0.4, -0.2) is 27.5 Å². The monoisotopic (exact) mass is 450 g/mol. The van der Waals surface area contributed by atoms with Gasteiger partial charge in [0.05, 0.1) is 11.5 Å². The van der Waals surface area contributed by atoms with E-state index in [1.165, 1.54) is 0 Å². The van der Waals surface area contributed by atoms with Crippen molar-refractivity contribution in [2.24, 2.45) is 0 Å². The van der Waals surface area contributed by atoms with Gasteiger partial charge in [0.25, 0.3) is 15.9 Å². The van der Waals surface area contributed by atoms with Gasteiger partial charge in [-0.2, -0.15) is 0 Å². The molecule has 4 rings (SSSR count). The van der Waals surface area contributed by atoms with Crippen LogP contribution in [0.15, 0.2) is 71.6 Å². The minimum absolute atomic E-state index is 0.0749. The van der Waals surface area contributed by atoms with E-state index in [-0.39, 0.29) is 10.8 Å². The molecular weight excluding hydrogens is 424 g/mol. The maximum absolute atomic E-state index is 13.1. The molecule has 6 nitrogen and oxygen atoms in total. The molecule has 0 atom stereocenters. The summed E-state index contributed by atoms with van der Waals surface area (Å²) in [5.41, 5.74) is 3.79. The van der Waals surface area contributed by atoms with Gasteiger partial charge in [0.2, 0.25) is 0 Å². The van der Waals surface area contributed by atoms with Gasteiger partial charge >= 0.3 is 0 Å². The van der Waals surface area contributed by atoms with Crippen molar-refractivity contribution in [1.29, 1.82) is 0 Å².